The molecular formula is C12H10F4O2. The van der Waals surface area contributed by atoms with E-state index in [2.05, 4.69) is 4.74 Å². The van der Waals surface area contributed by atoms with E-state index in [1.807, 2.05) is 0 Å². The number of esters is 1. The van der Waals surface area contributed by atoms with Crippen LogP contribution in [0.1, 0.15) is 18.1 Å². The van der Waals surface area contributed by atoms with Gasteiger partial charge >= 0.3 is 12.1 Å². The van der Waals surface area contributed by atoms with E-state index in [0.29, 0.717) is 12.1 Å². The molecule has 0 spiro atoms. The SMILES string of the molecule is CCOC(=O)/C=C/c1ccc(F)c(C(F)(F)F)c1. The molecule has 6 heteroatoms. The Balaban J connectivity index is 2.96. The molecule has 0 aliphatic heterocycles. The van der Waals surface area contributed by atoms with Crippen molar-refractivity contribution < 1.29 is 27.1 Å². The maximum atomic E-state index is 12.9. The van der Waals surface area contributed by atoms with Crippen molar-refractivity contribution in [2.24, 2.45) is 0 Å². The van der Waals surface area contributed by atoms with Gasteiger partial charge in [0.15, 0.2) is 0 Å². The summed E-state index contributed by atoms with van der Waals surface area (Å²) in [5, 5.41) is 0. The van der Waals surface area contributed by atoms with Gasteiger partial charge in [-0.05, 0) is 30.7 Å². The van der Waals surface area contributed by atoms with Gasteiger partial charge in [-0.3, -0.25) is 0 Å². The van der Waals surface area contributed by atoms with Crippen LogP contribution in [-0.2, 0) is 15.7 Å². The minimum absolute atomic E-state index is 0.0665. The highest BCUT2D eigenvalue weighted by Crippen LogP contribution is 2.32. The van der Waals surface area contributed by atoms with E-state index in [-0.39, 0.29) is 12.2 Å². The van der Waals surface area contributed by atoms with Crippen molar-refractivity contribution in [2.75, 3.05) is 6.61 Å². The summed E-state index contributed by atoms with van der Waals surface area (Å²) in [6.45, 7) is 1.77. The summed E-state index contributed by atoms with van der Waals surface area (Å²) in [6, 6.07) is 2.47. The molecule has 1 aromatic carbocycles. The Morgan fingerprint density at radius 1 is 1.39 bits per heavy atom. The van der Waals surface area contributed by atoms with Crippen LogP contribution < -0.4 is 0 Å². The molecule has 0 fully saturated rings. The standard InChI is InChI=1S/C12H10F4O2/c1-2-18-11(17)6-4-8-3-5-10(13)9(7-8)12(14,15)16/h3-7H,2H2,1H3/b6-4+. The molecule has 0 aromatic heterocycles. The molecule has 1 rings (SSSR count). The lowest BCUT2D eigenvalue weighted by Crippen LogP contribution is -2.08. The van der Waals surface area contributed by atoms with Crippen LogP contribution in [-0.4, -0.2) is 12.6 Å². The number of carbonyl (C=O) groups excluding carboxylic acids is 1. The van der Waals surface area contributed by atoms with E-state index >= 15 is 0 Å². The molecule has 98 valence electrons. The molecule has 0 aliphatic rings. The summed E-state index contributed by atoms with van der Waals surface area (Å²) in [4.78, 5) is 11.0. The molecular weight excluding hydrogens is 252 g/mol. The summed E-state index contributed by atoms with van der Waals surface area (Å²) in [6.07, 6.45) is -2.65. The smallest absolute Gasteiger partial charge is 0.419 e. The van der Waals surface area contributed by atoms with Crippen LogP contribution in [0.2, 0.25) is 0 Å². The van der Waals surface area contributed by atoms with Crippen molar-refractivity contribution in [3.63, 3.8) is 0 Å². The number of benzene rings is 1. The minimum Gasteiger partial charge on any atom is -0.463 e. The van der Waals surface area contributed by atoms with Crippen LogP contribution >= 0.6 is 0 Å². The van der Waals surface area contributed by atoms with Crippen molar-refractivity contribution in [3.8, 4) is 0 Å². The number of hydrogen-bond donors (Lipinski definition) is 0. The Kier molecular flexibility index (Phi) is 4.47. The zero-order valence-corrected chi connectivity index (χ0v) is 9.42. The minimum atomic E-state index is -4.77. The quantitative estimate of drug-likeness (QED) is 0.474. The average Bonchev–Trinajstić information content (AvgIpc) is 2.27. The fourth-order valence-electron chi connectivity index (χ4n) is 1.22. The Morgan fingerprint density at radius 3 is 2.61 bits per heavy atom. The third kappa shape index (κ3) is 3.87. The van der Waals surface area contributed by atoms with Crippen LogP contribution in [0, 0.1) is 5.82 Å². The predicted molar refractivity (Wildman–Crippen MR) is 57.1 cm³/mol. The molecule has 0 saturated carbocycles. The van der Waals surface area contributed by atoms with Gasteiger partial charge in [0.25, 0.3) is 0 Å². The summed E-state index contributed by atoms with van der Waals surface area (Å²) < 4.78 is 54.7. The van der Waals surface area contributed by atoms with Gasteiger partial charge in [0.2, 0.25) is 0 Å². The van der Waals surface area contributed by atoms with Gasteiger partial charge in [0.1, 0.15) is 5.82 Å². The first-order chi connectivity index (χ1) is 8.34. The number of ether oxygens (including phenoxy) is 1. The largest absolute Gasteiger partial charge is 0.463 e. The second kappa shape index (κ2) is 5.66. The third-order valence-corrected chi connectivity index (χ3v) is 1.99. The van der Waals surface area contributed by atoms with E-state index in [1.54, 1.807) is 6.92 Å². The normalized spacial score (nSPS) is 11.8. The number of carbonyl (C=O) groups is 1. The zero-order valence-electron chi connectivity index (χ0n) is 9.42. The van der Waals surface area contributed by atoms with Gasteiger partial charge in [-0.25, -0.2) is 9.18 Å². The first-order valence-electron chi connectivity index (χ1n) is 5.06. The number of rotatable bonds is 3. The third-order valence-electron chi connectivity index (χ3n) is 1.99. The molecule has 18 heavy (non-hydrogen) atoms. The monoisotopic (exact) mass is 262 g/mol. The number of alkyl halides is 3. The lowest BCUT2D eigenvalue weighted by atomic mass is 10.1. The van der Waals surface area contributed by atoms with Gasteiger partial charge in [0, 0.05) is 6.08 Å². The zero-order chi connectivity index (χ0) is 13.8. The molecule has 0 heterocycles. The van der Waals surface area contributed by atoms with Crippen LogP contribution in [0.5, 0.6) is 0 Å². The molecule has 0 radical (unpaired) electrons. The van der Waals surface area contributed by atoms with Crippen LogP contribution in [0.4, 0.5) is 17.6 Å². The summed E-state index contributed by atoms with van der Waals surface area (Å²) >= 11 is 0. The van der Waals surface area contributed by atoms with Crippen LogP contribution in [0.3, 0.4) is 0 Å². The van der Waals surface area contributed by atoms with Crippen LogP contribution in [0.15, 0.2) is 24.3 Å². The molecule has 0 N–H and O–H groups in total. The summed E-state index contributed by atoms with van der Waals surface area (Å²) in [5.41, 5.74) is -1.30. The molecule has 0 amide bonds. The Bertz CT molecular complexity index is 464. The molecule has 0 atom stereocenters. The maximum absolute atomic E-state index is 12.9. The topological polar surface area (TPSA) is 26.3 Å². The van der Waals surface area contributed by atoms with Gasteiger partial charge in [-0.2, -0.15) is 13.2 Å². The lowest BCUT2D eigenvalue weighted by Gasteiger charge is -2.08. The first kappa shape index (κ1) is 14.2. The van der Waals surface area contributed by atoms with E-state index in [1.165, 1.54) is 0 Å². The van der Waals surface area contributed by atoms with Gasteiger partial charge < -0.3 is 4.74 Å². The second-order valence-electron chi connectivity index (χ2n) is 3.32. The Hall–Kier alpha value is -1.85. The number of hydrogen-bond acceptors (Lipinski definition) is 2. The van der Waals surface area contributed by atoms with Crippen molar-refractivity contribution in [3.05, 3.63) is 41.2 Å². The maximum Gasteiger partial charge on any atom is 0.419 e. The van der Waals surface area contributed by atoms with E-state index in [9.17, 15) is 22.4 Å². The highest BCUT2D eigenvalue weighted by atomic mass is 19.4. The second-order valence-corrected chi connectivity index (χ2v) is 3.32. The highest BCUT2D eigenvalue weighted by Gasteiger charge is 2.33. The molecule has 0 bridgehead atoms. The fourth-order valence-corrected chi connectivity index (χ4v) is 1.22. The first-order valence-corrected chi connectivity index (χ1v) is 5.06. The van der Waals surface area contributed by atoms with Gasteiger partial charge in [-0.1, -0.05) is 6.07 Å². The molecule has 1 aromatic rings. The fraction of sp³-hybridized carbons (Fsp3) is 0.250. The Labute approximate surface area is 101 Å². The van der Waals surface area contributed by atoms with Crippen molar-refractivity contribution >= 4 is 12.0 Å². The molecule has 2 nitrogen and oxygen atoms in total. The van der Waals surface area contributed by atoms with Crippen molar-refractivity contribution in [1.29, 1.82) is 0 Å². The average molecular weight is 262 g/mol. The van der Waals surface area contributed by atoms with E-state index in [4.69, 9.17) is 0 Å². The van der Waals surface area contributed by atoms with Crippen molar-refractivity contribution in [1.82, 2.24) is 0 Å². The van der Waals surface area contributed by atoms with E-state index in [0.717, 1.165) is 18.2 Å². The number of halogens is 4. The molecule has 0 unspecified atom stereocenters. The summed E-state index contributed by atoms with van der Waals surface area (Å²) in [7, 11) is 0. The van der Waals surface area contributed by atoms with Gasteiger partial charge in [0.05, 0.1) is 12.2 Å². The Morgan fingerprint density at radius 2 is 2.06 bits per heavy atom. The molecule has 0 aliphatic carbocycles. The van der Waals surface area contributed by atoms with E-state index < -0.39 is 23.5 Å². The molecule has 0 saturated heterocycles. The van der Waals surface area contributed by atoms with Crippen molar-refractivity contribution in [2.45, 2.75) is 13.1 Å². The highest BCUT2D eigenvalue weighted by molar-refractivity contribution is 5.87. The summed E-state index contributed by atoms with van der Waals surface area (Å²) in [5.74, 6) is -2.02. The lowest BCUT2D eigenvalue weighted by molar-refractivity contribution is -0.140. The van der Waals surface area contributed by atoms with Gasteiger partial charge in [-0.15, -0.1) is 0 Å². The van der Waals surface area contributed by atoms with Crippen LogP contribution in [0.25, 0.3) is 6.08 Å². The predicted octanol–water partition coefficient (Wildman–Crippen LogP) is 3.42.